The Bertz CT molecular complexity index is 993. The molecule has 3 N–H and O–H groups in total. The van der Waals surface area contributed by atoms with E-state index in [1.165, 1.54) is 0 Å². The number of anilines is 1. The van der Waals surface area contributed by atoms with Gasteiger partial charge in [0.25, 0.3) is 0 Å². The fraction of sp³-hybridized carbons (Fsp3) is 0.571. The Hall–Kier alpha value is -2.64. The summed E-state index contributed by atoms with van der Waals surface area (Å²) in [7, 11) is 0. The van der Waals surface area contributed by atoms with Gasteiger partial charge >= 0.3 is 0 Å². The van der Waals surface area contributed by atoms with Crippen LogP contribution < -0.4 is 5.32 Å². The average molecular weight is 482 g/mol. The van der Waals surface area contributed by atoms with Crippen LogP contribution in [0.1, 0.15) is 77.6 Å². The molecule has 1 unspecified atom stereocenters. The molecular formula is C28H39N3O4. The van der Waals surface area contributed by atoms with Gasteiger partial charge in [-0.2, -0.15) is 0 Å². The SMILES string of the molecule is CCCCCC(O)/C=C/[C@H]1[C@H](O)CC(=O)[C@@H]1CCCCCCC(=O)Nc1ccc2nccnc2c1. The molecule has 0 spiro atoms. The predicted octanol–water partition coefficient (Wildman–Crippen LogP) is 4.97. The Morgan fingerprint density at radius 2 is 1.89 bits per heavy atom. The Morgan fingerprint density at radius 3 is 2.69 bits per heavy atom. The van der Waals surface area contributed by atoms with Crippen molar-refractivity contribution in [2.75, 3.05) is 5.32 Å². The van der Waals surface area contributed by atoms with Crippen LogP contribution in [0.2, 0.25) is 0 Å². The number of aliphatic hydroxyl groups excluding tert-OH is 2. The number of fused-ring (bicyclic) bond motifs is 1. The van der Waals surface area contributed by atoms with Crippen molar-refractivity contribution >= 4 is 28.4 Å². The van der Waals surface area contributed by atoms with E-state index >= 15 is 0 Å². The first-order valence-electron chi connectivity index (χ1n) is 13.1. The number of nitrogens with one attached hydrogen (secondary N) is 1. The smallest absolute Gasteiger partial charge is 0.224 e. The molecule has 0 radical (unpaired) electrons. The maximum Gasteiger partial charge on any atom is 0.224 e. The molecule has 1 aliphatic rings. The highest BCUT2D eigenvalue weighted by Gasteiger charge is 2.39. The largest absolute Gasteiger partial charge is 0.392 e. The molecule has 1 saturated carbocycles. The fourth-order valence-electron chi connectivity index (χ4n) is 4.82. The minimum Gasteiger partial charge on any atom is -0.392 e. The second-order valence-electron chi connectivity index (χ2n) is 9.63. The van der Waals surface area contributed by atoms with E-state index in [1.54, 1.807) is 18.5 Å². The van der Waals surface area contributed by atoms with E-state index in [2.05, 4.69) is 22.2 Å². The molecule has 1 aliphatic carbocycles. The van der Waals surface area contributed by atoms with Crippen LogP contribution in [0.4, 0.5) is 5.69 Å². The molecule has 3 rings (SSSR count). The number of aromatic nitrogens is 2. The van der Waals surface area contributed by atoms with Crippen LogP contribution in [0, 0.1) is 11.8 Å². The number of hydrogen-bond acceptors (Lipinski definition) is 6. The standard InChI is InChI=1S/C28H39N3O4/c1-2-3-6-9-21(32)13-14-23-22(26(33)19-27(23)34)10-7-4-5-8-11-28(35)31-20-12-15-24-25(18-20)30-17-16-29-24/h12-18,21-23,27,32,34H,2-11,19H2,1H3,(H,31,35)/b14-13+/t21?,22-,23-,27-/m1/s1. The summed E-state index contributed by atoms with van der Waals surface area (Å²) in [5, 5.41) is 23.4. The van der Waals surface area contributed by atoms with Gasteiger partial charge in [0.15, 0.2) is 0 Å². The monoisotopic (exact) mass is 481 g/mol. The number of rotatable bonds is 14. The van der Waals surface area contributed by atoms with E-state index < -0.39 is 12.2 Å². The van der Waals surface area contributed by atoms with Crippen LogP contribution in [0.3, 0.4) is 0 Å². The number of carbonyl (C=O) groups excluding carboxylic acids is 2. The van der Waals surface area contributed by atoms with Crippen molar-refractivity contribution in [3.63, 3.8) is 0 Å². The summed E-state index contributed by atoms with van der Waals surface area (Å²) in [5.41, 5.74) is 2.26. The fourth-order valence-corrected chi connectivity index (χ4v) is 4.82. The van der Waals surface area contributed by atoms with Crippen LogP contribution in [0.5, 0.6) is 0 Å². The summed E-state index contributed by atoms with van der Waals surface area (Å²) in [6, 6.07) is 5.49. The highest BCUT2D eigenvalue weighted by atomic mass is 16.3. The molecule has 7 heteroatoms. The van der Waals surface area contributed by atoms with Gasteiger partial charge in [-0.05, 0) is 37.5 Å². The zero-order valence-corrected chi connectivity index (χ0v) is 20.7. The zero-order valence-electron chi connectivity index (χ0n) is 20.7. The van der Waals surface area contributed by atoms with E-state index in [-0.39, 0.29) is 29.9 Å². The van der Waals surface area contributed by atoms with Crippen LogP contribution in [-0.2, 0) is 9.59 Å². The lowest BCUT2D eigenvalue weighted by atomic mass is 9.88. The number of nitrogens with zero attached hydrogens (tertiary/aromatic N) is 2. The van der Waals surface area contributed by atoms with Gasteiger partial charge in [0.1, 0.15) is 5.78 Å². The van der Waals surface area contributed by atoms with E-state index in [4.69, 9.17) is 0 Å². The number of aliphatic hydroxyl groups is 2. The van der Waals surface area contributed by atoms with E-state index in [1.807, 2.05) is 24.3 Å². The lowest BCUT2D eigenvalue weighted by Crippen LogP contribution is -2.19. The Labute approximate surface area is 208 Å². The van der Waals surface area contributed by atoms with Crippen molar-refractivity contribution in [1.82, 2.24) is 9.97 Å². The van der Waals surface area contributed by atoms with E-state index in [0.29, 0.717) is 12.8 Å². The van der Waals surface area contributed by atoms with Crippen LogP contribution in [0.15, 0.2) is 42.7 Å². The molecule has 190 valence electrons. The molecule has 0 bridgehead atoms. The maximum absolute atomic E-state index is 12.4. The third-order valence-corrected chi connectivity index (χ3v) is 6.81. The third-order valence-electron chi connectivity index (χ3n) is 6.81. The summed E-state index contributed by atoms with van der Waals surface area (Å²) in [4.78, 5) is 33.2. The number of unbranched alkanes of at least 4 members (excludes halogenated alkanes) is 5. The third kappa shape index (κ3) is 8.51. The summed E-state index contributed by atoms with van der Waals surface area (Å²) in [5.74, 6) is -0.291. The topological polar surface area (TPSA) is 112 Å². The van der Waals surface area contributed by atoms with Gasteiger partial charge in [0.05, 0.1) is 23.2 Å². The molecule has 1 aromatic heterocycles. The summed E-state index contributed by atoms with van der Waals surface area (Å²) in [6.07, 6.45) is 14.5. The molecule has 1 amide bonds. The second-order valence-corrected chi connectivity index (χ2v) is 9.63. The van der Waals surface area contributed by atoms with Crippen molar-refractivity contribution in [3.05, 3.63) is 42.7 Å². The van der Waals surface area contributed by atoms with Gasteiger partial charge in [-0.25, -0.2) is 0 Å². The predicted molar refractivity (Wildman–Crippen MR) is 138 cm³/mol. The molecule has 0 saturated heterocycles. The second kappa shape index (κ2) is 14.0. The molecule has 1 fully saturated rings. The minimum absolute atomic E-state index is 0.0231. The Kier molecular flexibility index (Phi) is 10.8. The first-order valence-corrected chi connectivity index (χ1v) is 13.1. The highest BCUT2D eigenvalue weighted by molar-refractivity contribution is 5.92. The molecule has 1 aromatic carbocycles. The molecule has 0 aliphatic heterocycles. The molecule has 2 aromatic rings. The lowest BCUT2D eigenvalue weighted by Gasteiger charge is -2.18. The summed E-state index contributed by atoms with van der Waals surface area (Å²) >= 11 is 0. The van der Waals surface area contributed by atoms with Crippen LogP contribution in [-0.4, -0.2) is 44.1 Å². The Morgan fingerprint density at radius 1 is 1.11 bits per heavy atom. The molecular weight excluding hydrogens is 442 g/mol. The highest BCUT2D eigenvalue weighted by Crippen LogP contribution is 2.34. The van der Waals surface area contributed by atoms with Crippen molar-refractivity contribution < 1.29 is 19.8 Å². The normalized spacial score (nSPS) is 21.1. The number of ketones is 1. The van der Waals surface area contributed by atoms with Crippen molar-refractivity contribution in [3.8, 4) is 0 Å². The number of amides is 1. The van der Waals surface area contributed by atoms with Crippen LogP contribution >= 0.6 is 0 Å². The number of carbonyl (C=O) groups is 2. The zero-order chi connectivity index (χ0) is 25.0. The molecule has 35 heavy (non-hydrogen) atoms. The van der Waals surface area contributed by atoms with E-state index in [0.717, 1.165) is 68.1 Å². The average Bonchev–Trinajstić information content (AvgIpc) is 3.11. The van der Waals surface area contributed by atoms with Crippen LogP contribution in [0.25, 0.3) is 11.0 Å². The number of benzene rings is 1. The summed E-state index contributed by atoms with van der Waals surface area (Å²) in [6.45, 7) is 2.13. The van der Waals surface area contributed by atoms with E-state index in [9.17, 15) is 19.8 Å². The van der Waals surface area contributed by atoms with Gasteiger partial charge in [-0.15, -0.1) is 0 Å². The minimum atomic E-state index is -0.656. The maximum atomic E-state index is 12.4. The number of hydrogen-bond donors (Lipinski definition) is 3. The molecule has 1 heterocycles. The quantitative estimate of drug-likeness (QED) is 0.259. The van der Waals surface area contributed by atoms with Gasteiger partial charge < -0.3 is 15.5 Å². The molecule has 7 nitrogen and oxygen atoms in total. The summed E-state index contributed by atoms with van der Waals surface area (Å²) < 4.78 is 0. The number of Topliss-reactive ketones (excluding diaryl/α,β-unsaturated/α-hetero) is 1. The Balaban J connectivity index is 1.34. The van der Waals surface area contributed by atoms with Gasteiger partial charge in [-0.1, -0.05) is 57.6 Å². The molecule has 4 atom stereocenters. The van der Waals surface area contributed by atoms with Gasteiger partial charge in [0.2, 0.25) is 5.91 Å². The van der Waals surface area contributed by atoms with Crippen molar-refractivity contribution in [1.29, 1.82) is 0 Å². The van der Waals surface area contributed by atoms with Gasteiger partial charge in [-0.3, -0.25) is 19.6 Å². The first-order chi connectivity index (χ1) is 17.0. The lowest BCUT2D eigenvalue weighted by molar-refractivity contribution is -0.121. The van der Waals surface area contributed by atoms with Crippen molar-refractivity contribution in [2.24, 2.45) is 11.8 Å². The van der Waals surface area contributed by atoms with Crippen molar-refractivity contribution in [2.45, 2.75) is 89.8 Å². The first kappa shape index (κ1) is 27.0. The van der Waals surface area contributed by atoms with Gasteiger partial charge in [0, 0.05) is 42.8 Å².